The molecule has 0 amide bonds. The maximum atomic E-state index is 10.8. The van der Waals surface area contributed by atoms with Crippen LogP contribution in [0.15, 0.2) is 59.8 Å². The number of carboxylic acids is 1. The maximum Gasteiger partial charge on any atom is 0.313 e. The Balaban J connectivity index is 2.19. The molecule has 112 valence electrons. The Morgan fingerprint density at radius 2 is 1.91 bits per heavy atom. The minimum atomic E-state index is -0.866. The molecule has 1 aromatic heterocycles. The Kier molecular flexibility index (Phi) is 4.26. The number of hydrogen-bond acceptors (Lipinski definition) is 4. The monoisotopic (exact) mass is 320 g/mol. The minimum Gasteiger partial charge on any atom is -0.481 e. The van der Waals surface area contributed by atoms with Gasteiger partial charge < -0.3 is 5.11 Å². The molecule has 2 aromatic carbocycles. The van der Waals surface area contributed by atoms with Crippen molar-refractivity contribution in [2.75, 3.05) is 5.75 Å². The molecule has 3 aromatic rings. The van der Waals surface area contributed by atoms with Gasteiger partial charge >= 0.3 is 5.97 Å². The van der Waals surface area contributed by atoms with Crippen molar-refractivity contribution in [1.82, 2.24) is 4.98 Å². The molecule has 0 atom stereocenters. The summed E-state index contributed by atoms with van der Waals surface area (Å²) in [4.78, 5) is 15.7. The first-order valence-electron chi connectivity index (χ1n) is 6.91. The lowest BCUT2D eigenvalue weighted by atomic mass is 9.96. The lowest BCUT2D eigenvalue weighted by molar-refractivity contribution is -0.133. The van der Waals surface area contributed by atoms with Crippen LogP contribution in [0.3, 0.4) is 0 Å². The van der Waals surface area contributed by atoms with Crippen LogP contribution in [0.25, 0.3) is 21.9 Å². The van der Waals surface area contributed by atoms with Gasteiger partial charge in [-0.1, -0.05) is 30.3 Å². The van der Waals surface area contributed by atoms with Crippen LogP contribution < -0.4 is 0 Å². The van der Waals surface area contributed by atoms with E-state index in [1.54, 1.807) is 18.5 Å². The third-order valence-corrected chi connectivity index (χ3v) is 4.50. The summed E-state index contributed by atoms with van der Waals surface area (Å²) in [7, 11) is 0. The van der Waals surface area contributed by atoms with Gasteiger partial charge in [-0.25, -0.2) is 0 Å². The van der Waals surface area contributed by atoms with Gasteiger partial charge in [0.05, 0.1) is 17.4 Å². The Bertz CT molecular complexity index is 932. The smallest absolute Gasteiger partial charge is 0.313 e. The number of aromatic nitrogens is 1. The van der Waals surface area contributed by atoms with Gasteiger partial charge in [-0.2, -0.15) is 5.26 Å². The molecule has 0 aliphatic heterocycles. The zero-order valence-electron chi connectivity index (χ0n) is 12.1. The fraction of sp³-hybridized carbons (Fsp3) is 0.0556. The van der Waals surface area contributed by atoms with Gasteiger partial charge in [-0.05, 0) is 28.6 Å². The second-order valence-electron chi connectivity index (χ2n) is 4.87. The number of rotatable bonds is 4. The predicted octanol–water partition coefficient (Wildman–Crippen LogP) is 3.95. The van der Waals surface area contributed by atoms with E-state index in [2.05, 4.69) is 11.1 Å². The first-order valence-corrected chi connectivity index (χ1v) is 7.90. The highest BCUT2D eigenvalue weighted by Gasteiger charge is 2.12. The van der Waals surface area contributed by atoms with E-state index >= 15 is 0 Å². The molecule has 1 N–H and O–H groups in total. The summed E-state index contributed by atoms with van der Waals surface area (Å²) < 4.78 is 0. The normalized spacial score (nSPS) is 10.4. The summed E-state index contributed by atoms with van der Waals surface area (Å²) in [5, 5.41) is 20.0. The topological polar surface area (TPSA) is 74.0 Å². The molecule has 1 heterocycles. The van der Waals surface area contributed by atoms with Crippen molar-refractivity contribution in [1.29, 1.82) is 5.26 Å². The number of fused-ring (bicyclic) bond motifs is 1. The highest BCUT2D eigenvalue weighted by Crippen LogP contribution is 2.36. The molecule has 23 heavy (non-hydrogen) atoms. The van der Waals surface area contributed by atoms with Crippen molar-refractivity contribution in [3.05, 3.63) is 60.4 Å². The third-order valence-electron chi connectivity index (χ3n) is 3.47. The van der Waals surface area contributed by atoms with Crippen LogP contribution in [0.5, 0.6) is 0 Å². The number of carboxylic acid groups (broad SMARTS) is 1. The highest BCUT2D eigenvalue weighted by atomic mass is 32.2. The average molecular weight is 320 g/mol. The number of nitriles is 1. The Morgan fingerprint density at radius 1 is 1.13 bits per heavy atom. The van der Waals surface area contributed by atoms with Crippen molar-refractivity contribution < 1.29 is 9.90 Å². The first-order chi connectivity index (χ1) is 11.2. The Hall–Kier alpha value is -2.84. The molecule has 4 nitrogen and oxygen atoms in total. The van der Waals surface area contributed by atoms with Gasteiger partial charge in [0.2, 0.25) is 0 Å². The molecule has 0 aliphatic rings. The molecule has 5 heteroatoms. The second kappa shape index (κ2) is 6.51. The van der Waals surface area contributed by atoms with E-state index in [1.807, 2.05) is 36.4 Å². The van der Waals surface area contributed by atoms with E-state index in [0.29, 0.717) is 5.56 Å². The number of aliphatic carboxylic acids is 1. The molecular weight excluding hydrogens is 308 g/mol. The maximum absolute atomic E-state index is 10.8. The van der Waals surface area contributed by atoms with Crippen LogP contribution in [0.2, 0.25) is 0 Å². The van der Waals surface area contributed by atoms with Crippen LogP contribution in [0, 0.1) is 11.3 Å². The fourth-order valence-corrected chi connectivity index (χ4v) is 3.24. The number of carbonyl (C=O) groups is 1. The number of thioether (sulfide) groups is 1. The molecule has 0 saturated heterocycles. The van der Waals surface area contributed by atoms with Gasteiger partial charge in [0, 0.05) is 22.7 Å². The van der Waals surface area contributed by atoms with E-state index in [1.165, 1.54) is 11.8 Å². The minimum absolute atomic E-state index is 0.0209. The number of pyridine rings is 1. The molecule has 0 unspecified atom stereocenters. The summed E-state index contributed by atoms with van der Waals surface area (Å²) in [6.45, 7) is 0. The SMILES string of the molecule is N#Cc1ccc(-c2ccncc2SCC(=O)O)c2ccccc12. The standard InChI is InChI=1S/C18H12N2O2S/c19-9-12-5-6-15(14-4-2-1-3-13(12)14)16-7-8-20-10-17(16)23-11-18(21)22/h1-8,10H,11H2,(H,21,22). The average Bonchev–Trinajstić information content (AvgIpc) is 2.59. The third kappa shape index (κ3) is 3.03. The summed E-state index contributed by atoms with van der Waals surface area (Å²) in [5.74, 6) is -0.887. The molecule has 0 bridgehead atoms. The molecule has 0 spiro atoms. The van der Waals surface area contributed by atoms with Gasteiger partial charge in [-0.15, -0.1) is 11.8 Å². The summed E-state index contributed by atoms with van der Waals surface area (Å²) in [6.07, 6.45) is 3.36. The van der Waals surface area contributed by atoms with Crippen molar-refractivity contribution in [2.45, 2.75) is 4.90 Å². The van der Waals surface area contributed by atoms with E-state index < -0.39 is 5.97 Å². The van der Waals surface area contributed by atoms with Crippen molar-refractivity contribution in [3.8, 4) is 17.2 Å². The van der Waals surface area contributed by atoms with Crippen LogP contribution in [-0.4, -0.2) is 21.8 Å². The largest absolute Gasteiger partial charge is 0.481 e. The van der Waals surface area contributed by atoms with Crippen LogP contribution >= 0.6 is 11.8 Å². The van der Waals surface area contributed by atoms with E-state index in [0.717, 1.165) is 26.8 Å². The van der Waals surface area contributed by atoms with Gasteiger partial charge in [0.25, 0.3) is 0 Å². The second-order valence-corrected chi connectivity index (χ2v) is 5.89. The van der Waals surface area contributed by atoms with Crippen LogP contribution in [0.4, 0.5) is 0 Å². The lowest BCUT2D eigenvalue weighted by Gasteiger charge is -2.11. The zero-order chi connectivity index (χ0) is 16.2. The summed E-state index contributed by atoms with van der Waals surface area (Å²) >= 11 is 1.24. The Morgan fingerprint density at radius 3 is 2.65 bits per heavy atom. The highest BCUT2D eigenvalue weighted by molar-refractivity contribution is 8.00. The number of benzene rings is 2. The van der Waals surface area contributed by atoms with Gasteiger partial charge in [0.15, 0.2) is 0 Å². The number of nitrogens with zero attached hydrogens (tertiary/aromatic N) is 2. The van der Waals surface area contributed by atoms with Gasteiger partial charge in [0.1, 0.15) is 0 Å². The molecule has 0 fully saturated rings. The quantitative estimate of drug-likeness (QED) is 0.737. The van der Waals surface area contributed by atoms with E-state index in [4.69, 9.17) is 5.11 Å². The molecule has 0 aliphatic carbocycles. The molecule has 3 rings (SSSR count). The van der Waals surface area contributed by atoms with E-state index in [9.17, 15) is 10.1 Å². The lowest BCUT2D eigenvalue weighted by Crippen LogP contribution is -1.98. The first kappa shape index (κ1) is 15.1. The van der Waals surface area contributed by atoms with Crippen molar-refractivity contribution in [2.24, 2.45) is 0 Å². The van der Waals surface area contributed by atoms with Gasteiger partial charge in [-0.3, -0.25) is 9.78 Å². The Labute approximate surface area is 137 Å². The molecule has 0 saturated carbocycles. The van der Waals surface area contributed by atoms with Crippen LogP contribution in [-0.2, 0) is 4.79 Å². The molecular formula is C18H12N2O2S. The number of hydrogen-bond donors (Lipinski definition) is 1. The molecule has 0 radical (unpaired) electrons. The fourth-order valence-electron chi connectivity index (χ4n) is 2.49. The van der Waals surface area contributed by atoms with Crippen molar-refractivity contribution >= 4 is 28.5 Å². The van der Waals surface area contributed by atoms with E-state index in [-0.39, 0.29) is 5.75 Å². The summed E-state index contributed by atoms with van der Waals surface area (Å²) in [5.41, 5.74) is 2.51. The van der Waals surface area contributed by atoms with Crippen LogP contribution in [0.1, 0.15) is 5.56 Å². The predicted molar refractivity (Wildman–Crippen MR) is 90.3 cm³/mol. The summed E-state index contributed by atoms with van der Waals surface area (Å²) in [6, 6.07) is 15.5. The zero-order valence-corrected chi connectivity index (χ0v) is 12.9. The van der Waals surface area contributed by atoms with Crippen molar-refractivity contribution in [3.63, 3.8) is 0 Å².